The summed E-state index contributed by atoms with van der Waals surface area (Å²) in [5.41, 5.74) is 0.433. The third-order valence-electron chi connectivity index (χ3n) is 8.26. The number of hydrogen-bond donors (Lipinski definition) is 2. The molecule has 0 unspecified atom stereocenters. The van der Waals surface area contributed by atoms with Gasteiger partial charge in [-0.2, -0.15) is 17.6 Å². The lowest BCUT2D eigenvalue weighted by Crippen LogP contribution is -2.42. The maximum absolute atomic E-state index is 14.6. The fraction of sp³-hybridized carbons (Fsp3) is 0.278. The lowest BCUT2D eigenvalue weighted by Gasteiger charge is -2.30. The van der Waals surface area contributed by atoms with Crippen molar-refractivity contribution in [3.8, 4) is 0 Å². The van der Waals surface area contributed by atoms with Crippen LogP contribution < -0.4 is 5.32 Å². The standard InChI is InChI=1S/C36H31F4NO7/c37-35(38)17-4-7-28(36(35,39)40)30-20-47-21-31(48-30)29(42)19-27(24-10-8-23(9-11-24)22-5-2-1-3-6-22)33(45)25-12-14-26(15-13-25)34(46)41-18-16-32(43)44/h4,7-15,17,19-22H,1-3,5-6,16,18H2,(H,41,46)(H,43,44)/b27-19-. The second-order valence-corrected chi connectivity index (χ2v) is 11.5. The minimum Gasteiger partial charge on any atom is -0.481 e. The quantitative estimate of drug-likeness (QED) is 0.147. The summed E-state index contributed by atoms with van der Waals surface area (Å²) in [4.78, 5) is 50.4. The van der Waals surface area contributed by atoms with Gasteiger partial charge in [0.15, 0.2) is 11.5 Å². The number of halogens is 4. The second kappa shape index (κ2) is 14.2. The van der Waals surface area contributed by atoms with Crippen molar-refractivity contribution in [1.29, 1.82) is 0 Å². The number of rotatable bonds is 11. The van der Waals surface area contributed by atoms with Gasteiger partial charge in [-0.25, -0.2) is 0 Å². The van der Waals surface area contributed by atoms with Gasteiger partial charge in [0.25, 0.3) is 5.91 Å². The van der Waals surface area contributed by atoms with Crippen LogP contribution in [0.5, 0.6) is 0 Å². The van der Waals surface area contributed by atoms with Gasteiger partial charge >= 0.3 is 17.8 Å². The Balaban J connectivity index is 1.42. The molecule has 12 heteroatoms. The van der Waals surface area contributed by atoms with Crippen LogP contribution in [0.15, 0.2) is 102 Å². The molecule has 1 fully saturated rings. The summed E-state index contributed by atoms with van der Waals surface area (Å²) in [6, 6.07) is 12.6. The van der Waals surface area contributed by atoms with Crippen molar-refractivity contribution in [2.24, 2.45) is 0 Å². The fourth-order valence-electron chi connectivity index (χ4n) is 5.61. The van der Waals surface area contributed by atoms with Crippen LogP contribution in [0.3, 0.4) is 0 Å². The maximum Gasteiger partial charge on any atom is 0.342 e. The van der Waals surface area contributed by atoms with Crippen molar-refractivity contribution in [2.45, 2.75) is 56.3 Å². The van der Waals surface area contributed by atoms with Gasteiger partial charge in [0.2, 0.25) is 11.5 Å². The van der Waals surface area contributed by atoms with E-state index < -0.39 is 52.4 Å². The van der Waals surface area contributed by atoms with E-state index in [1.165, 1.54) is 30.7 Å². The minimum absolute atomic E-state index is 0.0568. The summed E-state index contributed by atoms with van der Waals surface area (Å²) < 4.78 is 67.4. The van der Waals surface area contributed by atoms with Crippen molar-refractivity contribution >= 4 is 29.0 Å². The lowest BCUT2D eigenvalue weighted by atomic mass is 9.83. The molecule has 250 valence electrons. The number of benzene rings is 2. The topological polar surface area (TPSA) is 119 Å². The molecule has 0 saturated heterocycles. The number of hydrogen-bond acceptors (Lipinski definition) is 6. The summed E-state index contributed by atoms with van der Waals surface area (Å²) >= 11 is 0. The van der Waals surface area contributed by atoms with Crippen molar-refractivity contribution in [1.82, 2.24) is 5.32 Å². The molecular formula is C36H31F4NO7. The molecule has 0 atom stereocenters. The van der Waals surface area contributed by atoms with Gasteiger partial charge in [-0.15, -0.1) is 0 Å². The van der Waals surface area contributed by atoms with Gasteiger partial charge < -0.3 is 19.9 Å². The van der Waals surface area contributed by atoms with E-state index in [4.69, 9.17) is 14.6 Å². The molecule has 0 radical (unpaired) electrons. The van der Waals surface area contributed by atoms with Crippen LogP contribution >= 0.6 is 0 Å². The normalized spacial score (nSPS) is 18.8. The van der Waals surface area contributed by atoms with Crippen LogP contribution in [0.1, 0.15) is 76.3 Å². The first-order valence-corrected chi connectivity index (χ1v) is 15.3. The van der Waals surface area contributed by atoms with Gasteiger partial charge in [-0.3, -0.25) is 19.2 Å². The Kier molecular flexibility index (Phi) is 10.1. The number of carbonyl (C=O) groups is 4. The van der Waals surface area contributed by atoms with E-state index in [0.29, 0.717) is 17.7 Å². The molecular weight excluding hydrogens is 634 g/mol. The highest BCUT2D eigenvalue weighted by molar-refractivity contribution is 6.32. The predicted octanol–water partition coefficient (Wildman–Crippen LogP) is 7.27. The van der Waals surface area contributed by atoms with Gasteiger partial charge in [0.05, 0.1) is 12.0 Å². The molecule has 0 aromatic heterocycles. The summed E-state index contributed by atoms with van der Waals surface area (Å²) in [6.45, 7) is -0.0900. The number of allylic oxidation sites excluding steroid dienone is 6. The average molecular weight is 666 g/mol. The highest BCUT2D eigenvalue weighted by Gasteiger charge is 2.59. The zero-order chi connectivity index (χ0) is 34.5. The van der Waals surface area contributed by atoms with Crippen LogP contribution in [0.4, 0.5) is 17.6 Å². The van der Waals surface area contributed by atoms with E-state index in [0.717, 1.165) is 55.7 Å². The van der Waals surface area contributed by atoms with Crippen LogP contribution in [-0.4, -0.2) is 46.9 Å². The average Bonchev–Trinajstić information content (AvgIpc) is 3.08. The second-order valence-electron chi connectivity index (χ2n) is 11.5. The Labute approximate surface area is 273 Å². The molecule has 2 aromatic rings. The zero-order valence-corrected chi connectivity index (χ0v) is 25.5. The van der Waals surface area contributed by atoms with E-state index >= 15 is 0 Å². The van der Waals surface area contributed by atoms with Crippen molar-refractivity contribution < 1.29 is 51.3 Å². The first-order chi connectivity index (χ1) is 22.9. The molecule has 48 heavy (non-hydrogen) atoms. The first kappa shape index (κ1) is 34.1. The number of amides is 1. The number of carboxylic acids is 1. The number of carbonyl (C=O) groups excluding carboxylic acids is 3. The number of nitrogens with one attached hydrogen (secondary N) is 1. The number of carboxylic acid groups (broad SMARTS) is 1. The number of Topliss-reactive ketones (excluding diaryl/α,β-unsaturated/α-hetero) is 1. The largest absolute Gasteiger partial charge is 0.481 e. The molecule has 1 heterocycles. The van der Waals surface area contributed by atoms with Gasteiger partial charge in [0, 0.05) is 29.3 Å². The SMILES string of the molecule is O=C(O)CCNC(=O)c1ccc(C(=O)/C(=C\C(=O)C2=COC=C(C3=CC=CC(F)(F)C3(F)F)O2)c2ccc(C3CCCCC3)cc2)cc1. The molecule has 2 N–H and O–H groups in total. The van der Waals surface area contributed by atoms with Gasteiger partial charge in [-0.1, -0.05) is 61.7 Å². The smallest absolute Gasteiger partial charge is 0.342 e. The molecule has 1 saturated carbocycles. The van der Waals surface area contributed by atoms with E-state index in [2.05, 4.69) is 5.32 Å². The first-order valence-electron chi connectivity index (χ1n) is 15.3. The van der Waals surface area contributed by atoms with Crippen LogP contribution in [0.2, 0.25) is 0 Å². The Bertz CT molecular complexity index is 1750. The highest BCUT2D eigenvalue weighted by Crippen LogP contribution is 2.47. The van der Waals surface area contributed by atoms with Crippen LogP contribution in [0.25, 0.3) is 5.57 Å². The molecule has 1 aliphatic heterocycles. The molecule has 0 spiro atoms. The molecule has 2 aromatic carbocycles. The summed E-state index contributed by atoms with van der Waals surface area (Å²) in [5.74, 6) is -13.4. The molecule has 2 aliphatic carbocycles. The Morgan fingerprint density at radius 2 is 1.52 bits per heavy atom. The van der Waals surface area contributed by atoms with Crippen molar-refractivity contribution in [3.05, 3.63) is 125 Å². The van der Waals surface area contributed by atoms with Crippen molar-refractivity contribution in [3.63, 3.8) is 0 Å². The third kappa shape index (κ3) is 7.48. The van der Waals surface area contributed by atoms with E-state index in [1.807, 2.05) is 12.1 Å². The zero-order valence-electron chi connectivity index (χ0n) is 25.5. The van der Waals surface area contributed by atoms with E-state index in [9.17, 15) is 36.7 Å². The number of ketones is 2. The molecule has 1 amide bonds. The summed E-state index contributed by atoms with van der Waals surface area (Å²) in [7, 11) is 0. The van der Waals surface area contributed by atoms with Crippen LogP contribution in [0, 0.1) is 0 Å². The molecule has 8 nitrogen and oxygen atoms in total. The fourth-order valence-corrected chi connectivity index (χ4v) is 5.61. The number of aliphatic carboxylic acids is 1. The molecule has 5 rings (SSSR count). The Morgan fingerprint density at radius 3 is 2.19 bits per heavy atom. The predicted molar refractivity (Wildman–Crippen MR) is 166 cm³/mol. The summed E-state index contributed by atoms with van der Waals surface area (Å²) in [6.07, 6.45) is 9.17. The minimum atomic E-state index is -4.65. The van der Waals surface area contributed by atoms with Crippen LogP contribution in [-0.2, 0) is 19.1 Å². The maximum atomic E-state index is 14.6. The number of alkyl halides is 4. The van der Waals surface area contributed by atoms with E-state index in [1.54, 1.807) is 12.1 Å². The van der Waals surface area contributed by atoms with Gasteiger partial charge in [-0.05, 0) is 54.2 Å². The highest BCUT2D eigenvalue weighted by atomic mass is 19.3. The molecule has 0 bridgehead atoms. The number of ether oxygens (including phenoxy) is 2. The Hall–Kier alpha value is -5.26. The lowest BCUT2D eigenvalue weighted by molar-refractivity contribution is -0.156. The summed E-state index contributed by atoms with van der Waals surface area (Å²) in [5, 5.41) is 11.2. The van der Waals surface area contributed by atoms with E-state index in [-0.39, 0.29) is 35.7 Å². The Morgan fingerprint density at radius 1 is 0.875 bits per heavy atom. The third-order valence-corrected chi connectivity index (χ3v) is 8.26. The monoisotopic (exact) mass is 665 g/mol. The van der Waals surface area contributed by atoms with Gasteiger partial charge in [0.1, 0.15) is 12.5 Å². The molecule has 3 aliphatic rings. The van der Waals surface area contributed by atoms with Crippen molar-refractivity contribution in [2.75, 3.05) is 6.54 Å².